The number of aromatic nitrogens is 2. The lowest BCUT2D eigenvalue weighted by molar-refractivity contribution is 0.642. The highest BCUT2D eigenvalue weighted by molar-refractivity contribution is 8.05. The van der Waals surface area contributed by atoms with Gasteiger partial charge in [-0.05, 0) is 69.8 Å². The van der Waals surface area contributed by atoms with E-state index in [9.17, 15) is 0 Å². The first-order valence-corrected chi connectivity index (χ1v) is 17.5. The van der Waals surface area contributed by atoms with E-state index >= 15 is 0 Å². The molecule has 0 radical (unpaired) electrons. The van der Waals surface area contributed by atoms with E-state index in [1.165, 1.54) is 47.4 Å². The molecule has 4 heteroatoms. The molecule has 0 bridgehead atoms. The molecule has 6 aromatic carbocycles. The fraction of sp³-hybridized carbons (Fsp3) is 0.0698. The molecule has 0 atom stereocenters. The van der Waals surface area contributed by atoms with E-state index in [0.29, 0.717) is 0 Å². The Labute approximate surface area is 284 Å². The van der Waals surface area contributed by atoms with Crippen molar-refractivity contribution in [2.24, 2.45) is 0 Å². The van der Waals surface area contributed by atoms with Gasteiger partial charge >= 0.3 is 0 Å². The normalized spacial score (nSPS) is 13.7. The standard InChI is InChI=1S/C43H30N2S2/c1-43(2)34-25-30(20-21-32(34)33-22-23-39-41(40(33)43)47-38-19-10-9-18-37(38)46-39)29-16-11-17-31(24-29)42-44-35(27-12-5-3-6-13-27)26-36(45-42)28-14-7-4-8-15-28/h3-26H,1-2H3. The fourth-order valence-corrected chi connectivity index (χ4v) is 9.53. The monoisotopic (exact) mass is 638 g/mol. The maximum atomic E-state index is 5.08. The van der Waals surface area contributed by atoms with Crippen molar-refractivity contribution in [3.8, 4) is 56.2 Å². The summed E-state index contributed by atoms with van der Waals surface area (Å²) in [7, 11) is 0. The summed E-state index contributed by atoms with van der Waals surface area (Å²) in [5, 5.41) is 0. The van der Waals surface area contributed by atoms with Crippen LogP contribution in [0.1, 0.15) is 25.0 Å². The second-order valence-corrected chi connectivity index (χ2v) is 14.8. The number of hydrogen-bond donors (Lipinski definition) is 0. The molecule has 0 unspecified atom stereocenters. The highest BCUT2D eigenvalue weighted by atomic mass is 32.2. The molecule has 0 fully saturated rings. The predicted molar refractivity (Wildman–Crippen MR) is 196 cm³/mol. The van der Waals surface area contributed by atoms with Crippen molar-refractivity contribution >= 4 is 23.5 Å². The Hall–Kier alpha value is -4.90. The summed E-state index contributed by atoms with van der Waals surface area (Å²) in [6, 6.07) is 51.9. The molecular weight excluding hydrogens is 609 g/mol. The minimum absolute atomic E-state index is 0.124. The zero-order chi connectivity index (χ0) is 31.5. The van der Waals surface area contributed by atoms with E-state index in [4.69, 9.17) is 9.97 Å². The summed E-state index contributed by atoms with van der Waals surface area (Å²) in [5.74, 6) is 0.724. The maximum Gasteiger partial charge on any atom is 0.160 e. The Morgan fingerprint density at radius 1 is 0.447 bits per heavy atom. The van der Waals surface area contributed by atoms with Crippen molar-refractivity contribution < 1.29 is 0 Å². The Morgan fingerprint density at radius 2 is 1.02 bits per heavy atom. The number of fused-ring (bicyclic) bond motifs is 6. The molecule has 0 N–H and O–H groups in total. The first kappa shape index (κ1) is 28.3. The molecule has 2 nitrogen and oxygen atoms in total. The van der Waals surface area contributed by atoms with Gasteiger partial charge in [0, 0.05) is 41.7 Å². The van der Waals surface area contributed by atoms with Gasteiger partial charge in [0.15, 0.2) is 5.82 Å². The zero-order valence-electron chi connectivity index (χ0n) is 26.1. The van der Waals surface area contributed by atoms with Crippen LogP contribution in [-0.4, -0.2) is 9.97 Å². The van der Waals surface area contributed by atoms with Gasteiger partial charge in [0.05, 0.1) is 11.4 Å². The summed E-state index contributed by atoms with van der Waals surface area (Å²) in [6.07, 6.45) is 0. The third-order valence-electron chi connectivity index (χ3n) is 9.33. The smallest absolute Gasteiger partial charge is 0.160 e. The van der Waals surface area contributed by atoms with Crippen LogP contribution in [0.5, 0.6) is 0 Å². The largest absolute Gasteiger partial charge is 0.228 e. The molecule has 1 aliphatic heterocycles. The van der Waals surface area contributed by atoms with Gasteiger partial charge in [-0.1, -0.05) is 147 Å². The molecule has 9 rings (SSSR count). The van der Waals surface area contributed by atoms with Gasteiger partial charge in [-0.15, -0.1) is 0 Å². The predicted octanol–water partition coefficient (Wildman–Crippen LogP) is 12.1. The van der Waals surface area contributed by atoms with Crippen LogP contribution in [0, 0.1) is 0 Å². The number of benzene rings is 6. The Bertz CT molecular complexity index is 2270. The quantitative estimate of drug-likeness (QED) is 0.192. The van der Waals surface area contributed by atoms with E-state index in [1.54, 1.807) is 0 Å². The lowest BCUT2D eigenvalue weighted by Gasteiger charge is -2.28. The topological polar surface area (TPSA) is 25.8 Å². The summed E-state index contributed by atoms with van der Waals surface area (Å²) in [4.78, 5) is 15.6. The van der Waals surface area contributed by atoms with Crippen LogP contribution in [0.3, 0.4) is 0 Å². The molecule has 1 aromatic heterocycles. The van der Waals surface area contributed by atoms with Crippen LogP contribution >= 0.6 is 23.5 Å². The summed E-state index contributed by atoms with van der Waals surface area (Å²) in [5.41, 5.74) is 12.7. The van der Waals surface area contributed by atoms with Crippen LogP contribution in [0.4, 0.5) is 0 Å². The highest BCUT2D eigenvalue weighted by Gasteiger charge is 2.39. The molecule has 0 saturated carbocycles. The lowest BCUT2D eigenvalue weighted by atomic mass is 9.81. The van der Waals surface area contributed by atoms with Gasteiger partial charge in [-0.2, -0.15) is 0 Å². The second-order valence-electron chi connectivity index (χ2n) is 12.6. The van der Waals surface area contributed by atoms with Crippen LogP contribution in [0.2, 0.25) is 0 Å². The molecule has 47 heavy (non-hydrogen) atoms. The van der Waals surface area contributed by atoms with E-state index in [-0.39, 0.29) is 5.41 Å². The molecular formula is C43H30N2S2. The van der Waals surface area contributed by atoms with Gasteiger partial charge in [-0.3, -0.25) is 0 Å². The van der Waals surface area contributed by atoms with E-state index in [1.807, 2.05) is 35.7 Å². The van der Waals surface area contributed by atoms with Crippen molar-refractivity contribution in [2.75, 3.05) is 0 Å². The molecule has 2 heterocycles. The molecule has 0 saturated heterocycles. The van der Waals surface area contributed by atoms with Crippen molar-refractivity contribution in [1.29, 1.82) is 0 Å². The van der Waals surface area contributed by atoms with Crippen molar-refractivity contribution in [3.05, 3.63) is 157 Å². The van der Waals surface area contributed by atoms with Crippen LogP contribution < -0.4 is 0 Å². The van der Waals surface area contributed by atoms with E-state index in [2.05, 4.69) is 147 Å². The third kappa shape index (κ3) is 4.83. The van der Waals surface area contributed by atoms with Gasteiger partial charge in [-0.25, -0.2) is 9.97 Å². The van der Waals surface area contributed by atoms with Crippen LogP contribution in [0.25, 0.3) is 56.2 Å². The highest BCUT2D eigenvalue weighted by Crippen LogP contribution is 2.58. The Morgan fingerprint density at radius 3 is 1.72 bits per heavy atom. The first-order valence-electron chi connectivity index (χ1n) is 15.9. The van der Waals surface area contributed by atoms with Crippen molar-refractivity contribution in [3.63, 3.8) is 0 Å². The minimum atomic E-state index is -0.124. The average molecular weight is 639 g/mol. The SMILES string of the molecule is CC1(C)c2cc(-c3cccc(-c4nc(-c5ccccc5)cc(-c5ccccc5)n4)c3)ccc2-c2ccc3c(c21)Sc1ccccc1S3. The van der Waals surface area contributed by atoms with E-state index in [0.717, 1.165) is 39.5 Å². The number of hydrogen-bond acceptors (Lipinski definition) is 4. The zero-order valence-corrected chi connectivity index (χ0v) is 27.7. The minimum Gasteiger partial charge on any atom is -0.228 e. The number of rotatable bonds is 4. The first-order chi connectivity index (χ1) is 23.0. The Kier molecular flexibility index (Phi) is 6.70. The number of nitrogens with zero attached hydrogens (tertiary/aromatic N) is 2. The molecule has 1 aliphatic carbocycles. The maximum absolute atomic E-state index is 5.08. The Balaban J connectivity index is 1.12. The van der Waals surface area contributed by atoms with Gasteiger partial charge in [0.1, 0.15) is 0 Å². The van der Waals surface area contributed by atoms with Crippen molar-refractivity contribution in [2.45, 2.75) is 38.8 Å². The molecule has 0 amide bonds. The molecule has 2 aliphatic rings. The molecule has 224 valence electrons. The van der Waals surface area contributed by atoms with Crippen LogP contribution in [-0.2, 0) is 5.41 Å². The molecule has 7 aromatic rings. The summed E-state index contributed by atoms with van der Waals surface area (Å²) < 4.78 is 0. The van der Waals surface area contributed by atoms with E-state index < -0.39 is 0 Å². The summed E-state index contributed by atoms with van der Waals surface area (Å²) in [6.45, 7) is 4.77. The van der Waals surface area contributed by atoms with Gasteiger partial charge < -0.3 is 0 Å². The van der Waals surface area contributed by atoms with Gasteiger partial charge in [0.2, 0.25) is 0 Å². The van der Waals surface area contributed by atoms with Crippen molar-refractivity contribution in [1.82, 2.24) is 9.97 Å². The van der Waals surface area contributed by atoms with Crippen LogP contribution in [0.15, 0.2) is 165 Å². The van der Waals surface area contributed by atoms with Gasteiger partial charge in [0.25, 0.3) is 0 Å². The second kappa shape index (κ2) is 11.1. The average Bonchev–Trinajstić information content (AvgIpc) is 3.37. The summed E-state index contributed by atoms with van der Waals surface area (Å²) >= 11 is 3.82. The fourth-order valence-electron chi connectivity index (χ4n) is 6.98. The molecule has 0 spiro atoms. The third-order valence-corrected chi connectivity index (χ3v) is 11.9. The lowest BCUT2D eigenvalue weighted by Crippen LogP contribution is -2.17.